The van der Waals surface area contributed by atoms with Gasteiger partial charge in [0.1, 0.15) is 5.75 Å². The Morgan fingerprint density at radius 2 is 2.15 bits per heavy atom. The van der Waals surface area contributed by atoms with Crippen molar-refractivity contribution in [2.75, 3.05) is 13.7 Å². The summed E-state index contributed by atoms with van der Waals surface area (Å²) >= 11 is 1.41. The highest BCUT2D eigenvalue weighted by Crippen LogP contribution is 2.27. The Balaban J connectivity index is 1.65. The monoisotopic (exact) mass is 374 g/mol. The minimum absolute atomic E-state index is 0.192. The molecule has 1 saturated heterocycles. The second-order valence-electron chi connectivity index (χ2n) is 6.54. The first kappa shape index (κ1) is 18.8. The predicted molar refractivity (Wildman–Crippen MR) is 103 cm³/mol. The molecule has 7 heteroatoms. The molecular formula is C19H26N4O2S. The minimum atomic E-state index is -0.193. The van der Waals surface area contributed by atoms with Gasteiger partial charge >= 0.3 is 0 Å². The van der Waals surface area contributed by atoms with Crippen molar-refractivity contribution in [1.29, 1.82) is 0 Å². The molecule has 2 aromatic rings. The molecule has 0 aliphatic carbocycles. The highest BCUT2D eigenvalue weighted by molar-refractivity contribution is 8.00. The van der Waals surface area contributed by atoms with Crippen LogP contribution in [-0.4, -0.2) is 50.9 Å². The normalized spacial score (nSPS) is 18.6. The molecule has 140 valence electrons. The molecule has 0 bridgehead atoms. The van der Waals surface area contributed by atoms with Gasteiger partial charge in [0.15, 0.2) is 5.82 Å². The van der Waals surface area contributed by atoms with Crippen molar-refractivity contribution in [2.24, 2.45) is 0 Å². The van der Waals surface area contributed by atoms with Crippen LogP contribution in [0.5, 0.6) is 5.75 Å². The van der Waals surface area contributed by atoms with Crippen LogP contribution in [0.25, 0.3) is 11.4 Å². The lowest BCUT2D eigenvalue weighted by Gasteiger charge is -2.36. The lowest BCUT2D eigenvalue weighted by Crippen LogP contribution is -2.46. The Labute approximate surface area is 158 Å². The maximum Gasteiger partial charge on any atom is 0.236 e. The molecule has 3 rings (SSSR count). The summed E-state index contributed by atoms with van der Waals surface area (Å²) in [4.78, 5) is 19.4. The molecule has 0 radical (unpaired) electrons. The molecule has 0 saturated carbocycles. The number of nitrogens with one attached hydrogen (secondary N) is 1. The van der Waals surface area contributed by atoms with E-state index < -0.39 is 0 Å². The van der Waals surface area contributed by atoms with Crippen LogP contribution < -0.4 is 4.74 Å². The number of ether oxygens (including phenoxy) is 1. The largest absolute Gasteiger partial charge is 0.497 e. The van der Waals surface area contributed by atoms with Gasteiger partial charge in [-0.3, -0.25) is 9.89 Å². The summed E-state index contributed by atoms with van der Waals surface area (Å²) in [5, 5.41) is 7.63. The first-order valence-electron chi connectivity index (χ1n) is 9.16. The smallest absolute Gasteiger partial charge is 0.236 e. The fraction of sp³-hybridized carbons (Fsp3) is 0.526. The number of aromatic nitrogens is 3. The van der Waals surface area contributed by atoms with Crippen molar-refractivity contribution in [1.82, 2.24) is 20.1 Å². The highest BCUT2D eigenvalue weighted by atomic mass is 32.2. The van der Waals surface area contributed by atoms with Crippen LogP contribution in [0, 0.1) is 0 Å². The van der Waals surface area contributed by atoms with E-state index in [9.17, 15) is 4.79 Å². The van der Waals surface area contributed by atoms with Gasteiger partial charge in [-0.25, -0.2) is 4.98 Å². The van der Waals surface area contributed by atoms with Crippen molar-refractivity contribution >= 4 is 17.7 Å². The van der Waals surface area contributed by atoms with E-state index in [2.05, 4.69) is 27.0 Å². The number of hydrogen-bond acceptors (Lipinski definition) is 5. The van der Waals surface area contributed by atoms with Gasteiger partial charge in [-0.2, -0.15) is 0 Å². The molecule has 2 heterocycles. The summed E-state index contributed by atoms with van der Waals surface area (Å²) in [6, 6.07) is 8.02. The average Bonchev–Trinajstić information content (AvgIpc) is 3.15. The summed E-state index contributed by atoms with van der Waals surface area (Å²) < 4.78 is 5.17. The van der Waals surface area contributed by atoms with Crippen LogP contribution >= 0.6 is 11.8 Å². The number of benzene rings is 1. The summed E-state index contributed by atoms with van der Waals surface area (Å²) in [6.45, 7) is 4.97. The summed E-state index contributed by atoms with van der Waals surface area (Å²) in [5.41, 5.74) is 0.936. The Morgan fingerprint density at radius 1 is 1.38 bits per heavy atom. The number of nitrogens with zero attached hydrogens (tertiary/aromatic N) is 3. The predicted octanol–water partition coefficient (Wildman–Crippen LogP) is 3.75. The maximum atomic E-state index is 12.8. The van der Waals surface area contributed by atoms with Gasteiger partial charge < -0.3 is 9.64 Å². The van der Waals surface area contributed by atoms with Crippen molar-refractivity contribution in [3.63, 3.8) is 0 Å². The van der Waals surface area contributed by atoms with E-state index in [1.165, 1.54) is 18.2 Å². The molecule has 1 aliphatic rings. The van der Waals surface area contributed by atoms with Gasteiger partial charge in [-0.1, -0.05) is 18.7 Å². The molecule has 26 heavy (non-hydrogen) atoms. The van der Waals surface area contributed by atoms with Gasteiger partial charge in [0, 0.05) is 18.2 Å². The third kappa shape index (κ3) is 4.20. The van der Waals surface area contributed by atoms with Crippen LogP contribution in [0.4, 0.5) is 0 Å². The fourth-order valence-corrected chi connectivity index (χ4v) is 4.13. The highest BCUT2D eigenvalue weighted by Gasteiger charge is 2.29. The van der Waals surface area contributed by atoms with Crippen molar-refractivity contribution in [2.45, 2.75) is 56.0 Å². The second kappa shape index (κ2) is 8.58. The number of thioether (sulfide) groups is 1. The number of carbonyl (C=O) groups is 1. The third-order valence-electron chi connectivity index (χ3n) is 4.84. The van der Waals surface area contributed by atoms with Crippen LogP contribution in [0.3, 0.4) is 0 Å². The Hall–Kier alpha value is -2.02. The van der Waals surface area contributed by atoms with Gasteiger partial charge in [0.05, 0.1) is 12.4 Å². The van der Waals surface area contributed by atoms with Crippen LogP contribution in [0.2, 0.25) is 0 Å². The van der Waals surface area contributed by atoms with E-state index in [1.807, 2.05) is 31.2 Å². The Bertz CT molecular complexity index is 731. The number of methoxy groups -OCH3 is 1. The lowest BCUT2D eigenvalue weighted by atomic mass is 10.00. The van der Waals surface area contributed by atoms with E-state index in [4.69, 9.17) is 4.74 Å². The number of piperidine rings is 1. The van der Waals surface area contributed by atoms with E-state index in [1.54, 1.807) is 7.11 Å². The van der Waals surface area contributed by atoms with Gasteiger partial charge in [-0.05, 0) is 56.9 Å². The number of H-pyrrole nitrogens is 1. The molecular weight excluding hydrogens is 348 g/mol. The summed E-state index contributed by atoms with van der Waals surface area (Å²) in [5.74, 6) is 1.69. The molecule has 1 aromatic heterocycles. The molecule has 2 unspecified atom stereocenters. The number of hydrogen-bond donors (Lipinski definition) is 1. The minimum Gasteiger partial charge on any atom is -0.497 e. The summed E-state index contributed by atoms with van der Waals surface area (Å²) in [6.07, 6.45) is 4.45. The van der Waals surface area contributed by atoms with Crippen LogP contribution in [0.15, 0.2) is 29.4 Å². The number of amides is 1. The standard InChI is InChI=1S/C19H26N4O2S/c1-4-15-7-5-6-12-23(15)18(24)13(2)26-19-20-17(21-22-19)14-8-10-16(25-3)11-9-14/h8-11,13,15H,4-7,12H2,1-3H3,(H,20,21,22). The zero-order valence-electron chi connectivity index (χ0n) is 15.6. The number of aromatic amines is 1. The number of rotatable bonds is 6. The molecule has 2 atom stereocenters. The van der Waals surface area contributed by atoms with Gasteiger partial charge in [0.25, 0.3) is 0 Å². The van der Waals surface area contributed by atoms with E-state index >= 15 is 0 Å². The Morgan fingerprint density at radius 3 is 2.85 bits per heavy atom. The molecule has 1 aromatic carbocycles. The third-order valence-corrected chi connectivity index (χ3v) is 5.79. The van der Waals surface area contributed by atoms with Crippen molar-refractivity contribution in [3.05, 3.63) is 24.3 Å². The van der Waals surface area contributed by atoms with Crippen LogP contribution in [-0.2, 0) is 4.79 Å². The number of likely N-dealkylation sites (tertiary alicyclic amines) is 1. The van der Waals surface area contributed by atoms with Gasteiger partial charge in [-0.15, -0.1) is 5.10 Å². The summed E-state index contributed by atoms with van der Waals surface area (Å²) in [7, 11) is 1.64. The van der Waals surface area contributed by atoms with E-state index in [0.717, 1.165) is 37.1 Å². The quantitative estimate of drug-likeness (QED) is 0.780. The fourth-order valence-electron chi connectivity index (χ4n) is 3.33. The molecule has 6 nitrogen and oxygen atoms in total. The second-order valence-corrected chi connectivity index (χ2v) is 7.85. The first-order valence-corrected chi connectivity index (χ1v) is 10.0. The van der Waals surface area contributed by atoms with Crippen molar-refractivity contribution < 1.29 is 9.53 Å². The van der Waals surface area contributed by atoms with Crippen LogP contribution in [0.1, 0.15) is 39.5 Å². The zero-order chi connectivity index (χ0) is 18.5. The molecule has 1 N–H and O–H groups in total. The first-order chi connectivity index (χ1) is 12.6. The lowest BCUT2D eigenvalue weighted by molar-refractivity contribution is -0.134. The maximum absolute atomic E-state index is 12.8. The number of carbonyl (C=O) groups excluding carboxylic acids is 1. The SMILES string of the molecule is CCC1CCCCN1C(=O)C(C)Sc1n[nH]c(-c2ccc(OC)cc2)n1. The topological polar surface area (TPSA) is 71.1 Å². The van der Waals surface area contributed by atoms with Crippen molar-refractivity contribution in [3.8, 4) is 17.1 Å². The molecule has 1 amide bonds. The van der Waals surface area contributed by atoms with Gasteiger partial charge in [0.2, 0.25) is 11.1 Å². The molecule has 0 spiro atoms. The Kier molecular flexibility index (Phi) is 6.19. The van der Waals surface area contributed by atoms with E-state index in [0.29, 0.717) is 17.0 Å². The average molecular weight is 375 g/mol. The van der Waals surface area contributed by atoms with E-state index in [-0.39, 0.29) is 11.2 Å². The zero-order valence-corrected chi connectivity index (χ0v) is 16.4. The molecule has 1 fully saturated rings. The molecule has 1 aliphatic heterocycles.